The first-order chi connectivity index (χ1) is 7.26. The molecule has 2 saturated carbocycles. The van der Waals surface area contributed by atoms with Gasteiger partial charge >= 0.3 is 0 Å². The number of fused-ring (bicyclic) bond motifs is 1. The minimum atomic E-state index is -1.25. The second-order valence-corrected chi connectivity index (χ2v) is 12.3. The summed E-state index contributed by atoms with van der Waals surface area (Å²) in [6, 6.07) is 0. The van der Waals surface area contributed by atoms with Crippen LogP contribution in [-0.4, -0.2) is 19.6 Å². The van der Waals surface area contributed by atoms with Gasteiger partial charge in [-0.3, -0.25) is 9.59 Å². The number of rotatable bonds is 1. The Bertz CT molecular complexity index is 342. The standard InChI is InChI=1S/C13H22O2Si/c1-13-9(5-6-11(13)14)7-10(8-12(13)15)16(2,3)4/h9-10H,5-8H2,1-4H3/t9-,10-,13+/m0/s1. The van der Waals surface area contributed by atoms with E-state index in [4.69, 9.17) is 0 Å². The molecule has 0 heterocycles. The molecule has 0 saturated heterocycles. The minimum Gasteiger partial charge on any atom is -0.299 e. The summed E-state index contributed by atoms with van der Waals surface area (Å²) in [5.41, 5.74) is -0.0140. The molecule has 0 aromatic rings. The van der Waals surface area contributed by atoms with Crippen LogP contribution >= 0.6 is 0 Å². The number of Topliss-reactive ketones (excluding diaryl/α,β-unsaturated/α-hetero) is 2. The van der Waals surface area contributed by atoms with E-state index in [1.807, 2.05) is 6.92 Å². The van der Waals surface area contributed by atoms with Crippen LogP contribution in [0.5, 0.6) is 0 Å². The number of carbonyl (C=O) groups is 2. The molecule has 0 N–H and O–H groups in total. The van der Waals surface area contributed by atoms with Gasteiger partial charge in [-0.25, -0.2) is 0 Å². The maximum atomic E-state index is 12.3. The van der Waals surface area contributed by atoms with Crippen LogP contribution < -0.4 is 0 Å². The third-order valence-corrected chi connectivity index (χ3v) is 7.81. The average Bonchev–Trinajstić information content (AvgIpc) is 2.44. The Labute approximate surface area is 98.8 Å². The smallest absolute Gasteiger partial charge is 0.146 e. The monoisotopic (exact) mass is 238 g/mol. The Kier molecular flexibility index (Phi) is 2.65. The van der Waals surface area contributed by atoms with Crippen molar-refractivity contribution in [3.63, 3.8) is 0 Å². The molecule has 2 nitrogen and oxygen atoms in total. The molecule has 2 rings (SSSR count). The van der Waals surface area contributed by atoms with Crippen molar-refractivity contribution in [2.75, 3.05) is 0 Å². The van der Waals surface area contributed by atoms with E-state index in [0.29, 0.717) is 24.3 Å². The first-order valence-corrected chi connectivity index (χ1v) is 9.90. The van der Waals surface area contributed by atoms with E-state index in [-0.39, 0.29) is 11.6 Å². The first-order valence-electron chi connectivity index (χ1n) is 6.33. The molecule has 0 aromatic heterocycles. The topological polar surface area (TPSA) is 34.1 Å². The summed E-state index contributed by atoms with van der Waals surface area (Å²) in [7, 11) is -1.25. The molecule has 3 atom stereocenters. The molecule has 0 amide bonds. The van der Waals surface area contributed by atoms with Crippen LogP contribution in [0, 0.1) is 11.3 Å². The molecular formula is C13H22O2Si. The maximum absolute atomic E-state index is 12.3. The van der Waals surface area contributed by atoms with Gasteiger partial charge < -0.3 is 0 Å². The second-order valence-electron chi connectivity index (χ2n) is 6.79. The highest BCUT2D eigenvalue weighted by Crippen LogP contribution is 2.53. The molecule has 2 aliphatic rings. The highest BCUT2D eigenvalue weighted by atomic mass is 28.3. The van der Waals surface area contributed by atoms with Crippen LogP contribution in [0.15, 0.2) is 0 Å². The highest BCUT2D eigenvalue weighted by Gasteiger charge is 2.55. The van der Waals surface area contributed by atoms with Crippen LogP contribution in [0.2, 0.25) is 25.2 Å². The normalized spacial score (nSPS) is 40.0. The van der Waals surface area contributed by atoms with Crippen molar-refractivity contribution in [3.8, 4) is 0 Å². The van der Waals surface area contributed by atoms with Crippen molar-refractivity contribution in [2.45, 2.75) is 57.8 Å². The predicted octanol–water partition coefficient (Wildman–Crippen LogP) is 3.04. The predicted molar refractivity (Wildman–Crippen MR) is 67.2 cm³/mol. The number of carbonyl (C=O) groups excluding carboxylic acids is 2. The van der Waals surface area contributed by atoms with Gasteiger partial charge in [0.1, 0.15) is 11.6 Å². The van der Waals surface area contributed by atoms with Gasteiger partial charge in [0, 0.05) is 20.9 Å². The molecule has 3 heteroatoms. The fraction of sp³-hybridized carbons (Fsp3) is 0.846. The van der Waals surface area contributed by atoms with Crippen molar-refractivity contribution >= 4 is 19.6 Å². The van der Waals surface area contributed by atoms with Gasteiger partial charge in [-0.05, 0) is 31.2 Å². The molecule has 2 aliphatic carbocycles. The summed E-state index contributed by atoms with van der Waals surface area (Å²) in [6.07, 6.45) is 3.35. The molecule has 0 aliphatic heterocycles. The van der Waals surface area contributed by atoms with Crippen LogP contribution in [0.3, 0.4) is 0 Å². The van der Waals surface area contributed by atoms with E-state index in [9.17, 15) is 9.59 Å². The zero-order valence-electron chi connectivity index (χ0n) is 10.8. The van der Waals surface area contributed by atoms with Gasteiger partial charge in [0.05, 0.1) is 5.41 Å². The molecule has 0 spiro atoms. The largest absolute Gasteiger partial charge is 0.299 e. The Balaban J connectivity index is 2.26. The SMILES string of the molecule is C[C@]12C(=O)CC[C@H]1C[C@H]([Si](C)(C)C)CC2=O. The Morgan fingerprint density at radius 1 is 1.19 bits per heavy atom. The van der Waals surface area contributed by atoms with Gasteiger partial charge in [-0.1, -0.05) is 19.6 Å². The average molecular weight is 238 g/mol. The van der Waals surface area contributed by atoms with Crippen LogP contribution in [0.25, 0.3) is 0 Å². The first kappa shape index (κ1) is 12.0. The summed E-state index contributed by atoms with van der Waals surface area (Å²) in [6.45, 7) is 8.91. The van der Waals surface area contributed by atoms with Crippen LogP contribution in [-0.2, 0) is 9.59 Å². The summed E-state index contributed by atoms with van der Waals surface area (Å²) >= 11 is 0. The van der Waals surface area contributed by atoms with Gasteiger partial charge in [-0.2, -0.15) is 0 Å². The van der Waals surface area contributed by atoms with Gasteiger partial charge in [0.2, 0.25) is 0 Å². The van der Waals surface area contributed by atoms with E-state index in [1.54, 1.807) is 0 Å². The van der Waals surface area contributed by atoms with Crippen molar-refractivity contribution in [1.82, 2.24) is 0 Å². The van der Waals surface area contributed by atoms with E-state index >= 15 is 0 Å². The fourth-order valence-electron chi connectivity index (χ4n) is 3.34. The number of hydrogen-bond acceptors (Lipinski definition) is 2. The lowest BCUT2D eigenvalue weighted by molar-refractivity contribution is -0.141. The zero-order chi connectivity index (χ0) is 12.1. The molecule has 0 aromatic carbocycles. The molecule has 90 valence electrons. The van der Waals surface area contributed by atoms with Crippen molar-refractivity contribution < 1.29 is 9.59 Å². The molecule has 0 unspecified atom stereocenters. The highest BCUT2D eigenvalue weighted by molar-refractivity contribution is 6.77. The van der Waals surface area contributed by atoms with Crippen molar-refractivity contribution in [3.05, 3.63) is 0 Å². The van der Waals surface area contributed by atoms with Crippen LogP contribution in [0.4, 0.5) is 0 Å². The Morgan fingerprint density at radius 3 is 2.38 bits per heavy atom. The number of ketones is 2. The second kappa shape index (κ2) is 3.52. The van der Waals surface area contributed by atoms with E-state index in [1.165, 1.54) is 0 Å². The lowest BCUT2D eigenvalue weighted by Gasteiger charge is -2.41. The zero-order valence-corrected chi connectivity index (χ0v) is 11.8. The van der Waals surface area contributed by atoms with E-state index in [0.717, 1.165) is 12.8 Å². The lowest BCUT2D eigenvalue weighted by Crippen LogP contribution is -2.46. The summed E-state index contributed by atoms with van der Waals surface area (Å²) in [4.78, 5) is 24.2. The van der Waals surface area contributed by atoms with Crippen LogP contribution in [0.1, 0.15) is 32.6 Å². The van der Waals surface area contributed by atoms with Gasteiger partial charge in [-0.15, -0.1) is 0 Å². The Hall–Kier alpha value is -0.443. The van der Waals surface area contributed by atoms with E-state index < -0.39 is 13.5 Å². The molecule has 0 radical (unpaired) electrons. The lowest BCUT2D eigenvalue weighted by atomic mass is 9.68. The van der Waals surface area contributed by atoms with E-state index in [2.05, 4.69) is 19.6 Å². The quantitative estimate of drug-likeness (QED) is 0.520. The maximum Gasteiger partial charge on any atom is 0.146 e. The molecule has 2 fully saturated rings. The molecular weight excluding hydrogens is 216 g/mol. The fourth-order valence-corrected chi connectivity index (χ4v) is 5.13. The molecule has 0 bridgehead atoms. The summed E-state index contributed by atoms with van der Waals surface area (Å²) in [5.74, 6) is 0.785. The third-order valence-electron chi connectivity index (χ3n) is 4.92. The van der Waals surface area contributed by atoms with Gasteiger partial charge in [0.25, 0.3) is 0 Å². The van der Waals surface area contributed by atoms with Crippen molar-refractivity contribution in [2.24, 2.45) is 11.3 Å². The number of hydrogen-bond donors (Lipinski definition) is 0. The summed E-state index contributed by atoms with van der Waals surface area (Å²) < 4.78 is 0. The van der Waals surface area contributed by atoms with Gasteiger partial charge in [0.15, 0.2) is 0 Å². The molecule has 16 heavy (non-hydrogen) atoms. The van der Waals surface area contributed by atoms with Crippen molar-refractivity contribution in [1.29, 1.82) is 0 Å². The third kappa shape index (κ3) is 1.60. The Morgan fingerprint density at radius 2 is 1.81 bits per heavy atom. The minimum absolute atomic E-state index is 0.205. The summed E-state index contributed by atoms with van der Waals surface area (Å²) in [5, 5.41) is 0.